The second-order valence-electron chi connectivity index (χ2n) is 5.82. The van der Waals surface area contributed by atoms with Gasteiger partial charge in [-0.3, -0.25) is 4.79 Å². The lowest BCUT2D eigenvalue weighted by molar-refractivity contribution is 0.0985. The summed E-state index contributed by atoms with van der Waals surface area (Å²) in [6, 6.07) is 23.2. The normalized spacial score (nSPS) is 12.1. The maximum absolute atomic E-state index is 13.2. The Bertz CT molecular complexity index is 1010. The van der Waals surface area contributed by atoms with Crippen LogP contribution in [0.5, 0.6) is 0 Å². The van der Waals surface area contributed by atoms with Gasteiger partial charge in [-0.2, -0.15) is 0 Å². The summed E-state index contributed by atoms with van der Waals surface area (Å²) in [5, 5.41) is 0. The smallest absolute Gasteiger partial charge is 0.258 e. The number of fused-ring (bicyclic) bond motifs is 2. The molecule has 0 aliphatic carbocycles. The summed E-state index contributed by atoms with van der Waals surface area (Å²) in [6.45, 7) is 0.497. The number of hydrogen-bond acceptors (Lipinski definition) is 1. The molecule has 0 N–H and O–H groups in total. The number of para-hydroxylation sites is 1. The largest absolute Gasteiger partial charge is 0.303 e. The van der Waals surface area contributed by atoms with Gasteiger partial charge >= 0.3 is 0 Å². The first-order chi connectivity index (χ1) is 12.2. The maximum atomic E-state index is 13.2. The number of rotatable bonds is 1. The quantitative estimate of drug-likeness (QED) is 0.537. The third-order valence-corrected chi connectivity index (χ3v) is 4.74. The van der Waals surface area contributed by atoms with E-state index < -0.39 is 0 Å². The van der Waals surface area contributed by atoms with Crippen molar-refractivity contribution in [2.45, 2.75) is 6.54 Å². The van der Waals surface area contributed by atoms with Gasteiger partial charge in [-0.15, -0.1) is 0 Å². The predicted molar refractivity (Wildman–Crippen MR) is 104 cm³/mol. The molecule has 0 bridgehead atoms. The van der Waals surface area contributed by atoms with Gasteiger partial charge in [0.1, 0.15) is 0 Å². The molecule has 1 amide bonds. The molecule has 1 heterocycles. The fourth-order valence-electron chi connectivity index (χ4n) is 2.91. The summed E-state index contributed by atoms with van der Waals surface area (Å²) in [6.07, 6.45) is 0. The molecule has 2 nitrogen and oxygen atoms in total. The van der Waals surface area contributed by atoms with Crippen LogP contribution in [-0.2, 0) is 6.54 Å². The lowest BCUT2D eigenvalue weighted by Crippen LogP contribution is -2.31. The van der Waals surface area contributed by atoms with Gasteiger partial charge in [-0.25, -0.2) is 0 Å². The van der Waals surface area contributed by atoms with Gasteiger partial charge in [0.2, 0.25) is 0 Å². The molecule has 3 aromatic rings. The van der Waals surface area contributed by atoms with E-state index in [-0.39, 0.29) is 5.91 Å². The number of benzene rings is 3. The molecule has 0 spiro atoms. The minimum Gasteiger partial charge on any atom is -0.303 e. The number of carbonyl (C=O) groups is 1. The number of anilines is 1. The first kappa shape index (κ1) is 15.7. The summed E-state index contributed by atoms with van der Waals surface area (Å²) in [4.78, 5) is 15.0. The summed E-state index contributed by atoms with van der Waals surface area (Å²) in [7, 11) is 0. The SMILES string of the molecule is O=C(c1ccc(Br)cc1)N1Cc2ccccc2C#Cc2ccccc21. The maximum Gasteiger partial charge on any atom is 0.258 e. The molecule has 0 unspecified atom stereocenters. The van der Waals surface area contributed by atoms with Gasteiger partial charge < -0.3 is 4.90 Å². The van der Waals surface area contributed by atoms with Crippen LogP contribution in [0.1, 0.15) is 27.0 Å². The van der Waals surface area contributed by atoms with Gasteiger partial charge in [0.15, 0.2) is 0 Å². The van der Waals surface area contributed by atoms with Crippen LogP contribution >= 0.6 is 15.9 Å². The highest BCUT2D eigenvalue weighted by Gasteiger charge is 2.22. The van der Waals surface area contributed by atoms with Crippen LogP contribution in [0.4, 0.5) is 5.69 Å². The number of nitrogens with zero attached hydrogens (tertiary/aromatic N) is 1. The zero-order valence-electron chi connectivity index (χ0n) is 13.4. The lowest BCUT2D eigenvalue weighted by Gasteiger charge is -2.26. The molecule has 4 rings (SSSR count). The molecule has 0 fully saturated rings. The van der Waals surface area contributed by atoms with E-state index in [4.69, 9.17) is 0 Å². The van der Waals surface area contributed by atoms with Gasteiger partial charge in [0.05, 0.1) is 12.2 Å². The van der Waals surface area contributed by atoms with Crippen molar-refractivity contribution in [3.05, 3.63) is 99.5 Å². The van der Waals surface area contributed by atoms with Gasteiger partial charge in [-0.05, 0) is 48.0 Å². The molecule has 120 valence electrons. The van der Waals surface area contributed by atoms with Gasteiger partial charge in [0, 0.05) is 21.2 Å². The Kier molecular flexibility index (Phi) is 4.13. The lowest BCUT2D eigenvalue weighted by atomic mass is 10.0. The molecular weight excluding hydrogens is 374 g/mol. The van der Waals surface area contributed by atoms with E-state index in [9.17, 15) is 4.79 Å². The van der Waals surface area contributed by atoms with Crippen molar-refractivity contribution < 1.29 is 4.79 Å². The Hall–Kier alpha value is -2.83. The molecule has 0 aromatic heterocycles. The van der Waals surface area contributed by atoms with Crippen LogP contribution < -0.4 is 4.90 Å². The minimum atomic E-state index is -0.0292. The number of carbonyl (C=O) groups excluding carboxylic acids is 1. The number of amides is 1. The Labute approximate surface area is 155 Å². The van der Waals surface area contributed by atoms with E-state index in [0.29, 0.717) is 12.1 Å². The van der Waals surface area contributed by atoms with Crippen LogP contribution in [0.2, 0.25) is 0 Å². The molecule has 0 saturated carbocycles. The van der Waals surface area contributed by atoms with E-state index in [2.05, 4.69) is 27.8 Å². The molecule has 0 saturated heterocycles. The Morgan fingerprint density at radius 2 is 1.48 bits per heavy atom. The minimum absolute atomic E-state index is 0.0292. The molecule has 0 radical (unpaired) electrons. The monoisotopic (exact) mass is 387 g/mol. The van der Waals surface area contributed by atoms with Crippen molar-refractivity contribution >= 4 is 27.5 Å². The topological polar surface area (TPSA) is 20.3 Å². The van der Waals surface area contributed by atoms with E-state index in [1.165, 1.54) is 0 Å². The van der Waals surface area contributed by atoms with E-state index in [1.54, 1.807) is 0 Å². The molecule has 1 aliphatic heterocycles. The average Bonchev–Trinajstić information content (AvgIpc) is 2.64. The second kappa shape index (κ2) is 6.58. The molecule has 25 heavy (non-hydrogen) atoms. The van der Waals surface area contributed by atoms with Crippen LogP contribution in [0, 0.1) is 11.8 Å². The molecule has 1 aliphatic rings. The number of halogens is 1. The Morgan fingerprint density at radius 1 is 0.840 bits per heavy atom. The fraction of sp³-hybridized carbons (Fsp3) is 0.0455. The van der Waals surface area contributed by atoms with Gasteiger partial charge in [-0.1, -0.05) is 58.1 Å². The van der Waals surface area contributed by atoms with Crippen molar-refractivity contribution in [3.63, 3.8) is 0 Å². The highest BCUT2D eigenvalue weighted by Crippen LogP contribution is 2.27. The number of hydrogen-bond donors (Lipinski definition) is 0. The van der Waals surface area contributed by atoms with E-state index >= 15 is 0 Å². The first-order valence-electron chi connectivity index (χ1n) is 7.99. The summed E-state index contributed by atoms with van der Waals surface area (Å²) >= 11 is 3.42. The molecule has 3 heteroatoms. The molecular formula is C22H14BrNO. The Morgan fingerprint density at radius 3 is 2.28 bits per heavy atom. The zero-order chi connectivity index (χ0) is 17.2. The second-order valence-corrected chi connectivity index (χ2v) is 6.74. The highest BCUT2D eigenvalue weighted by molar-refractivity contribution is 9.10. The van der Waals surface area contributed by atoms with Crippen molar-refractivity contribution in [1.29, 1.82) is 0 Å². The third kappa shape index (κ3) is 3.09. The van der Waals surface area contributed by atoms with Crippen LogP contribution in [0.15, 0.2) is 77.3 Å². The summed E-state index contributed by atoms with van der Waals surface area (Å²) in [5.74, 6) is 6.42. The zero-order valence-corrected chi connectivity index (χ0v) is 15.0. The fourth-order valence-corrected chi connectivity index (χ4v) is 3.18. The first-order valence-corrected chi connectivity index (χ1v) is 8.78. The highest BCUT2D eigenvalue weighted by atomic mass is 79.9. The summed E-state index contributed by atoms with van der Waals surface area (Å²) in [5.41, 5.74) is 4.38. The van der Waals surface area contributed by atoms with Gasteiger partial charge in [0.25, 0.3) is 5.91 Å². The molecule has 3 aromatic carbocycles. The van der Waals surface area contributed by atoms with Crippen LogP contribution in [-0.4, -0.2) is 5.91 Å². The van der Waals surface area contributed by atoms with E-state index in [0.717, 1.165) is 26.9 Å². The third-order valence-electron chi connectivity index (χ3n) is 4.21. The van der Waals surface area contributed by atoms with Crippen molar-refractivity contribution in [2.75, 3.05) is 4.90 Å². The average molecular weight is 388 g/mol. The van der Waals surface area contributed by atoms with Crippen LogP contribution in [0.25, 0.3) is 0 Å². The Balaban J connectivity index is 1.85. The molecule has 0 atom stereocenters. The van der Waals surface area contributed by atoms with Crippen molar-refractivity contribution in [1.82, 2.24) is 0 Å². The van der Waals surface area contributed by atoms with Crippen molar-refractivity contribution in [2.24, 2.45) is 0 Å². The standard InChI is InChI=1S/C22H14BrNO/c23-20-13-11-18(12-14-20)22(25)24-15-19-7-2-1-5-16(19)9-10-17-6-3-4-8-21(17)24/h1-8,11-14H,15H2. The summed E-state index contributed by atoms with van der Waals surface area (Å²) < 4.78 is 0.952. The predicted octanol–water partition coefficient (Wildman–Crippen LogP) is 5.01. The van der Waals surface area contributed by atoms with Crippen molar-refractivity contribution in [3.8, 4) is 11.8 Å². The van der Waals surface area contributed by atoms with E-state index in [1.807, 2.05) is 77.7 Å². The van der Waals surface area contributed by atoms with Crippen LogP contribution in [0.3, 0.4) is 0 Å².